The zero-order chi connectivity index (χ0) is 8.69. The van der Waals surface area contributed by atoms with E-state index in [9.17, 15) is 4.79 Å². The minimum absolute atomic E-state index is 0.215. The van der Waals surface area contributed by atoms with E-state index in [-0.39, 0.29) is 11.9 Å². The van der Waals surface area contributed by atoms with Crippen molar-refractivity contribution in [2.45, 2.75) is 13.8 Å². The summed E-state index contributed by atoms with van der Waals surface area (Å²) in [5, 5.41) is 0. The summed E-state index contributed by atoms with van der Waals surface area (Å²) in [5.41, 5.74) is 0. The first-order valence-corrected chi connectivity index (χ1v) is 3.61. The molecule has 1 atom stereocenters. The predicted octanol–water partition coefficient (Wildman–Crippen LogP) is 1.35. The molecule has 11 heavy (non-hydrogen) atoms. The van der Waals surface area contributed by atoms with Crippen molar-refractivity contribution in [1.82, 2.24) is 0 Å². The first kappa shape index (κ1) is 10.0. The molecule has 0 rings (SSSR count). The average Bonchev–Trinajstić information content (AvgIpc) is 2.00. The molecule has 0 aromatic carbocycles. The van der Waals surface area contributed by atoms with Crippen LogP contribution in [0.3, 0.4) is 0 Å². The highest BCUT2D eigenvalue weighted by Crippen LogP contribution is 1.98. The van der Waals surface area contributed by atoms with Crippen molar-refractivity contribution in [2.24, 2.45) is 5.92 Å². The van der Waals surface area contributed by atoms with Gasteiger partial charge in [-0.05, 0) is 13.8 Å². The number of rotatable bonds is 5. The smallest absolute Gasteiger partial charge is 0.312 e. The highest BCUT2D eigenvalue weighted by Gasteiger charge is 2.13. The molecule has 0 aromatic heterocycles. The van der Waals surface area contributed by atoms with Crippen molar-refractivity contribution in [1.29, 1.82) is 0 Å². The second kappa shape index (κ2) is 5.77. The van der Waals surface area contributed by atoms with Gasteiger partial charge in [-0.3, -0.25) is 4.79 Å². The van der Waals surface area contributed by atoms with E-state index in [2.05, 4.69) is 6.58 Å². The molecule has 0 aliphatic carbocycles. The Kier molecular flexibility index (Phi) is 5.25. The van der Waals surface area contributed by atoms with Gasteiger partial charge in [0.25, 0.3) is 0 Å². The van der Waals surface area contributed by atoms with Crippen molar-refractivity contribution < 1.29 is 14.3 Å². The molecule has 64 valence electrons. The van der Waals surface area contributed by atoms with Crippen LogP contribution in [0, 0.1) is 5.92 Å². The lowest BCUT2D eigenvalue weighted by Gasteiger charge is -2.08. The highest BCUT2D eigenvalue weighted by molar-refractivity contribution is 5.72. The fourth-order valence-corrected chi connectivity index (χ4v) is 0.565. The monoisotopic (exact) mass is 158 g/mol. The van der Waals surface area contributed by atoms with Crippen LogP contribution in [0.25, 0.3) is 0 Å². The van der Waals surface area contributed by atoms with Crippen molar-refractivity contribution >= 4 is 5.97 Å². The SMILES string of the molecule is C=COCC(C)C(=O)OCC. The van der Waals surface area contributed by atoms with Gasteiger partial charge in [-0.1, -0.05) is 6.58 Å². The first-order chi connectivity index (χ1) is 5.22. The van der Waals surface area contributed by atoms with Crippen LogP contribution in [-0.2, 0) is 14.3 Å². The molecule has 1 unspecified atom stereocenters. The Morgan fingerprint density at radius 1 is 1.73 bits per heavy atom. The van der Waals surface area contributed by atoms with Crippen LogP contribution in [-0.4, -0.2) is 19.2 Å². The van der Waals surface area contributed by atoms with Crippen LogP contribution in [0.15, 0.2) is 12.8 Å². The van der Waals surface area contributed by atoms with E-state index in [1.54, 1.807) is 13.8 Å². The summed E-state index contributed by atoms with van der Waals surface area (Å²) in [6, 6.07) is 0. The van der Waals surface area contributed by atoms with E-state index in [4.69, 9.17) is 9.47 Å². The number of carbonyl (C=O) groups is 1. The molecule has 0 aliphatic heterocycles. The molecule has 0 amide bonds. The summed E-state index contributed by atoms with van der Waals surface area (Å²) in [5.74, 6) is -0.442. The number of hydrogen-bond donors (Lipinski definition) is 0. The summed E-state index contributed by atoms with van der Waals surface area (Å²) >= 11 is 0. The van der Waals surface area contributed by atoms with E-state index < -0.39 is 0 Å². The third-order valence-electron chi connectivity index (χ3n) is 1.15. The predicted molar refractivity (Wildman–Crippen MR) is 41.9 cm³/mol. The third-order valence-corrected chi connectivity index (χ3v) is 1.15. The highest BCUT2D eigenvalue weighted by atomic mass is 16.5. The summed E-state index contributed by atoms with van der Waals surface area (Å²) in [6.07, 6.45) is 1.32. The molecule has 3 heteroatoms. The lowest BCUT2D eigenvalue weighted by atomic mass is 10.2. The quantitative estimate of drug-likeness (QED) is 0.447. The van der Waals surface area contributed by atoms with Crippen molar-refractivity contribution in [2.75, 3.05) is 13.2 Å². The molecular weight excluding hydrogens is 144 g/mol. The zero-order valence-electron chi connectivity index (χ0n) is 7.00. The maximum absolute atomic E-state index is 10.9. The van der Waals surface area contributed by atoms with Crippen molar-refractivity contribution in [3.05, 3.63) is 12.8 Å². The summed E-state index contributed by atoms with van der Waals surface area (Å²) in [6.45, 7) is 7.64. The van der Waals surface area contributed by atoms with Gasteiger partial charge in [0.2, 0.25) is 0 Å². The van der Waals surface area contributed by atoms with Gasteiger partial charge in [-0.15, -0.1) is 0 Å². The van der Waals surface area contributed by atoms with Crippen LogP contribution in [0.5, 0.6) is 0 Å². The molecule has 0 saturated carbocycles. The average molecular weight is 158 g/mol. The molecule has 0 aromatic rings. The number of esters is 1. The van der Waals surface area contributed by atoms with Crippen LogP contribution < -0.4 is 0 Å². The molecule has 0 heterocycles. The molecule has 0 spiro atoms. The Morgan fingerprint density at radius 2 is 2.36 bits per heavy atom. The van der Waals surface area contributed by atoms with E-state index in [1.807, 2.05) is 0 Å². The van der Waals surface area contributed by atoms with Gasteiger partial charge in [0.15, 0.2) is 0 Å². The Bertz CT molecular complexity index is 131. The van der Waals surface area contributed by atoms with Crippen LogP contribution in [0.2, 0.25) is 0 Å². The summed E-state index contributed by atoms with van der Waals surface area (Å²) < 4.78 is 9.57. The van der Waals surface area contributed by atoms with Gasteiger partial charge in [0, 0.05) is 0 Å². The van der Waals surface area contributed by atoms with Crippen molar-refractivity contribution in [3.63, 3.8) is 0 Å². The fourth-order valence-electron chi connectivity index (χ4n) is 0.565. The van der Waals surface area contributed by atoms with Gasteiger partial charge in [-0.2, -0.15) is 0 Å². The fraction of sp³-hybridized carbons (Fsp3) is 0.625. The van der Waals surface area contributed by atoms with Crippen molar-refractivity contribution in [3.8, 4) is 0 Å². The lowest BCUT2D eigenvalue weighted by molar-refractivity contribution is -0.148. The van der Waals surface area contributed by atoms with Crippen LogP contribution in [0.4, 0.5) is 0 Å². The maximum Gasteiger partial charge on any atom is 0.312 e. The van der Waals surface area contributed by atoms with E-state index in [0.717, 1.165) is 0 Å². The molecule has 0 fully saturated rings. The molecule has 0 bridgehead atoms. The van der Waals surface area contributed by atoms with Crippen LogP contribution >= 0.6 is 0 Å². The molecule has 0 aliphatic rings. The lowest BCUT2D eigenvalue weighted by Crippen LogP contribution is -2.18. The molecule has 0 N–H and O–H groups in total. The molecule has 3 nitrogen and oxygen atoms in total. The molecule has 0 saturated heterocycles. The minimum Gasteiger partial charge on any atom is -0.501 e. The Hall–Kier alpha value is -0.990. The Balaban J connectivity index is 3.54. The van der Waals surface area contributed by atoms with E-state index in [0.29, 0.717) is 13.2 Å². The number of hydrogen-bond acceptors (Lipinski definition) is 3. The second-order valence-corrected chi connectivity index (χ2v) is 2.15. The molecular formula is C8H14O3. The third kappa shape index (κ3) is 4.42. The number of ether oxygens (including phenoxy) is 2. The number of carbonyl (C=O) groups excluding carboxylic acids is 1. The van der Waals surface area contributed by atoms with E-state index in [1.165, 1.54) is 6.26 Å². The topological polar surface area (TPSA) is 35.5 Å². The summed E-state index contributed by atoms with van der Waals surface area (Å²) in [7, 11) is 0. The Labute approximate surface area is 67.0 Å². The second-order valence-electron chi connectivity index (χ2n) is 2.15. The molecule has 0 radical (unpaired) electrons. The van der Waals surface area contributed by atoms with Gasteiger partial charge in [0.1, 0.15) is 6.61 Å². The maximum atomic E-state index is 10.9. The summed E-state index contributed by atoms with van der Waals surface area (Å²) in [4.78, 5) is 10.9. The van der Waals surface area contributed by atoms with Gasteiger partial charge < -0.3 is 9.47 Å². The van der Waals surface area contributed by atoms with Crippen LogP contribution in [0.1, 0.15) is 13.8 Å². The Morgan fingerprint density at radius 3 is 2.82 bits per heavy atom. The minimum atomic E-state index is -0.227. The van der Waals surface area contributed by atoms with Gasteiger partial charge >= 0.3 is 5.97 Å². The van der Waals surface area contributed by atoms with E-state index >= 15 is 0 Å². The van der Waals surface area contributed by atoms with Gasteiger partial charge in [-0.25, -0.2) is 0 Å². The normalized spacial score (nSPS) is 11.8. The largest absolute Gasteiger partial charge is 0.501 e. The standard InChI is InChI=1S/C8H14O3/c1-4-10-6-7(3)8(9)11-5-2/h4,7H,1,5-6H2,2-3H3. The zero-order valence-corrected chi connectivity index (χ0v) is 7.00. The van der Waals surface area contributed by atoms with Gasteiger partial charge in [0.05, 0.1) is 18.8 Å². The first-order valence-electron chi connectivity index (χ1n) is 3.61.